The van der Waals surface area contributed by atoms with E-state index >= 15 is 0 Å². The minimum Gasteiger partial charge on any atom is -0.488 e. The molecule has 1 heterocycles. The van der Waals surface area contributed by atoms with Crippen molar-refractivity contribution in [2.24, 2.45) is 5.10 Å². The van der Waals surface area contributed by atoms with Crippen molar-refractivity contribution in [3.63, 3.8) is 0 Å². The molecule has 4 rings (SSSR count). The maximum atomic E-state index is 13.2. The molecule has 0 radical (unpaired) electrons. The van der Waals surface area contributed by atoms with Gasteiger partial charge in [0.1, 0.15) is 18.2 Å². The number of carboxylic acid groups (broad SMARTS) is 1. The van der Waals surface area contributed by atoms with E-state index < -0.39 is 5.97 Å². The van der Waals surface area contributed by atoms with Crippen LogP contribution < -0.4 is 10.3 Å². The number of hydrogen-bond donors (Lipinski definition) is 1. The molecule has 34 heavy (non-hydrogen) atoms. The molecule has 1 N–H and O–H groups in total. The van der Waals surface area contributed by atoms with Crippen LogP contribution in [0.2, 0.25) is 0 Å². The van der Waals surface area contributed by atoms with E-state index in [4.69, 9.17) is 4.74 Å². The lowest BCUT2D eigenvalue weighted by Gasteiger charge is -2.12. The summed E-state index contributed by atoms with van der Waals surface area (Å²) in [5.41, 5.74) is 1.97. The molecule has 0 unspecified atom stereocenters. The Morgan fingerprint density at radius 2 is 1.94 bits per heavy atom. The highest BCUT2D eigenvalue weighted by Crippen LogP contribution is 2.21. The molecule has 0 atom stereocenters. The van der Waals surface area contributed by atoms with E-state index in [0.717, 1.165) is 10.0 Å². The van der Waals surface area contributed by atoms with Crippen LogP contribution in [0.3, 0.4) is 0 Å². The number of carboxylic acids is 1. The Morgan fingerprint density at radius 3 is 2.71 bits per heavy atom. The van der Waals surface area contributed by atoms with Gasteiger partial charge in [0, 0.05) is 16.0 Å². The van der Waals surface area contributed by atoms with Crippen molar-refractivity contribution in [1.29, 1.82) is 0 Å². The van der Waals surface area contributed by atoms with Gasteiger partial charge in [-0.15, -0.1) is 0 Å². The molecule has 0 fully saturated rings. The molecule has 0 aliphatic rings. The second-order valence-corrected chi connectivity index (χ2v) is 8.90. The second kappa shape index (κ2) is 10.0. The van der Waals surface area contributed by atoms with Crippen molar-refractivity contribution in [3.8, 4) is 5.75 Å². The van der Waals surface area contributed by atoms with Gasteiger partial charge in [-0.05, 0) is 48.0 Å². The number of nitrogens with zero attached hydrogens (tertiary/aromatic N) is 3. The lowest BCUT2D eigenvalue weighted by Crippen LogP contribution is -2.23. The van der Waals surface area contributed by atoms with Crippen LogP contribution in [0.15, 0.2) is 81.1 Å². The summed E-state index contributed by atoms with van der Waals surface area (Å²) in [5.74, 6) is 0.102. The average molecular weight is 520 g/mol. The third-order valence-electron chi connectivity index (χ3n) is 5.15. The van der Waals surface area contributed by atoms with Crippen molar-refractivity contribution in [1.82, 2.24) is 9.66 Å². The number of carbonyl (C=O) groups is 1. The Labute approximate surface area is 204 Å². The molecule has 0 spiro atoms. The Balaban J connectivity index is 1.67. The molecular formula is C26H22BrN3O4. The SMILES string of the molecule is CC(C)c1nc2ccc(Br)cc2c(=O)n1N=Cc1ccccc1OCc1cccc(C(=O)O)c1. The van der Waals surface area contributed by atoms with Gasteiger partial charge in [0.15, 0.2) is 0 Å². The maximum absolute atomic E-state index is 13.2. The van der Waals surface area contributed by atoms with E-state index in [1.807, 2.05) is 44.2 Å². The monoisotopic (exact) mass is 519 g/mol. The first kappa shape index (κ1) is 23.4. The number of fused-ring (bicyclic) bond motifs is 1. The van der Waals surface area contributed by atoms with Gasteiger partial charge in [0.2, 0.25) is 0 Å². The third kappa shape index (κ3) is 5.07. The number of aromatic carboxylic acids is 1. The van der Waals surface area contributed by atoms with Gasteiger partial charge in [0.05, 0.1) is 22.7 Å². The fourth-order valence-corrected chi connectivity index (χ4v) is 3.81. The summed E-state index contributed by atoms with van der Waals surface area (Å²) in [6, 6.07) is 19.3. The molecule has 8 heteroatoms. The van der Waals surface area contributed by atoms with Gasteiger partial charge in [0.25, 0.3) is 5.56 Å². The van der Waals surface area contributed by atoms with E-state index in [9.17, 15) is 14.7 Å². The van der Waals surface area contributed by atoms with Gasteiger partial charge in [-0.25, -0.2) is 9.78 Å². The van der Waals surface area contributed by atoms with Gasteiger partial charge < -0.3 is 9.84 Å². The fourth-order valence-electron chi connectivity index (χ4n) is 3.45. The number of para-hydroxylation sites is 1. The molecule has 1 aromatic heterocycles. The summed E-state index contributed by atoms with van der Waals surface area (Å²) in [5, 5.41) is 14.1. The quantitative estimate of drug-likeness (QED) is 0.328. The molecule has 0 aliphatic carbocycles. The molecule has 3 aromatic carbocycles. The molecule has 0 saturated carbocycles. The molecule has 0 bridgehead atoms. The van der Waals surface area contributed by atoms with Crippen LogP contribution in [-0.4, -0.2) is 27.0 Å². The van der Waals surface area contributed by atoms with Crippen LogP contribution in [0.25, 0.3) is 10.9 Å². The first-order valence-corrected chi connectivity index (χ1v) is 11.4. The zero-order valence-corrected chi connectivity index (χ0v) is 20.2. The van der Waals surface area contributed by atoms with Crippen molar-refractivity contribution in [3.05, 3.63) is 104 Å². The highest BCUT2D eigenvalue weighted by atomic mass is 79.9. The lowest BCUT2D eigenvalue weighted by molar-refractivity contribution is 0.0696. The molecular weight excluding hydrogens is 498 g/mol. The van der Waals surface area contributed by atoms with Crippen molar-refractivity contribution in [2.45, 2.75) is 26.4 Å². The molecule has 4 aromatic rings. The van der Waals surface area contributed by atoms with E-state index in [1.54, 1.807) is 36.5 Å². The van der Waals surface area contributed by atoms with Crippen LogP contribution in [-0.2, 0) is 6.61 Å². The zero-order valence-electron chi connectivity index (χ0n) is 18.6. The first-order valence-electron chi connectivity index (χ1n) is 10.6. The molecule has 0 saturated heterocycles. The molecule has 172 valence electrons. The number of benzene rings is 3. The highest BCUT2D eigenvalue weighted by Gasteiger charge is 2.14. The van der Waals surface area contributed by atoms with Crippen molar-refractivity contribution < 1.29 is 14.6 Å². The number of hydrogen-bond acceptors (Lipinski definition) is 5. The van der Waals surface area contributed by atoms with E-state index in [-0.39, 0.29) is 23.6 Å². The van der Waals surface area contributed by atoms with Gasteiger partial charge in [-0.2, -0.15) is 9.78 Å². The Bertz CT molecular complexity index is 1460. The standard InChI is InChI=1S/C26H22BrN3O4/c1-16(2)24-29-22-11-10-20(27)13-21(22)25(31)30(24)28-14-19-7-3-4-9-23(19)34-15-17-6-5-8-18(12-17)26(32)33/h3-14,16H,15H2,1-2H3,(H,32,33). The number of aromatic nitrogens is 2. The van der Waals surface area contributed by atoms with E-state index in [2.05, 4.69) is 26.0 Å². The highest BCUT2D eigenvalue weighted by molar-refractivity contribution is 9.10. The summed E-state index contributed by atoms with van der Waals surface area (Å²) < 4.78 is 8.06. The van der Waals surface area contributed by atoms with Crippen LogP contribution >= 0.6 is 15.9 Å². The van der Waals surface area contributed by atoms with Gasteiger partial charge >= 0.3 is 5.97 Å². The molecule has 7 nitrogen and oxygen atoms in total. The zero-order chi connectivity index (χ0) is 24.2. The normalized spacial score (nSPS) is 11.4. The Hall–Kier alpha value is -3.78. The second-order valence-electron chi connectivity index (χ2n) is 7.98. The van der Waals surface area contributed by atoms with Crippen LogP contribution in [0.5, 0.6) is 5.75 Å². The predicted octanol–water partition coefficient (Wildman–Crippen LogP) is 5.44. The summed E-state index contributed by atoms with van der Waals surface area (Å²) in [7, 11) is 0. The van der Waals surface area contributed by atoms with Crippen LogP contribution in [0.4, 0.5) is 0 Å². The minimum atomic E-state index is -0.989. The summed E-state index contributed by atoms with van der Waals surface area (Å²) in [6.07, 6.45) is 1.57. The minimum absolute atomic E-state index is 0.0223. The maximum Gasteiger partial charge on any atom is 0.335 e. The summed E-state index contributed by atoms with van der Waals surface area (Å²) in [4.78, 5) is 29.1. The topological polar surface area (TPSA) is 93.8 Å². The predicted molar refractivity (Wildman–Crippen MR) is 135 cm³/mol. The lowest BCUT2D eigenvalue weighted by atomic mass is 10.1. The summed E-state index contributed by atoms with van der Waals surface area (Å²) >= 11 is 3.41. The van der Waals surface area contributed by atoms with Gasteiger partial charge in [-0.3, -0.25) is 4.79 Å². The Kier molecular flexibility index (Phi) is 6.88. The summed E-state index contributed by atoms with van der Waals surface area (Å²) in [6.45, 7) is 4.11. The van der Waals surface area contributed by atoms with Crippen molar-refractivity contribution in [2.75, 3.05) is 0 Å². The first-order chi connectivity index (χ1) is 16.3. The smallest absolute Gasteiger partial charge is 0.335 e. The fraction of sp³-hybridized carbons (Fsp3) is 0.154. The largest absolute Gasteiger partial charge is 0.488 e. The van der Waals surface area contributed by atoms with Crippen molar-refractivity contribution >= 4 is 39.0 Å². The number of ether oxygens (including phenoxy) is 1. The van der Waals surface area contributed by atoms with Crippen LogP contribution in [0, 0.1) is 0 Å². The van der Waals surface area contributed by atoms with Gasteiger partial charge in [-0.1, -0.05) is 54.0 Å². The number of rotatable bonds is 7. The van der Waals surface area contributed by atoms with E-state index in [0.29, 0.717) is 28.0 Å². The molecule has 0 aliphatic heterocycles. The van der Waals surface area contributed by atoms with Crippen LogP contribution in [0.1, 0.15) is 47.1 Å². The van der Waals surface area contributed by atoms with E-state index in [1.165, 1.54) is 10.7 Å². The third-order valence-corrected chi connectivity index (χ3v) is 5.64. The number of halogens is 1. The molecule has 0 amide bonds. The Morgan fingerprint density at radius 1 is 1.15 bits per heavy atom. The average Bonchev–Trinajstić information content (AvgIpc) is 2.83.